The Morgan fingerprint density at radius 2 is 1.17 bits per heavy atom. The van der Waals surface area contributed by atoms with Crippen molar-refractivity contribution in [1.29, 1.82) is 0 Å². The maximum absolute atomic E-state index is 12.5. The summed E-state index contributed by atoms with van der Waals surface area (Å²) in [5, 5.41) is 0. The summed E-state index contributed by atoms with van der Waals surface area (Å²) in [6.07, 6.45) is 5.17. The van der Waals surface area contributed by atoms with Crippen molar-refractivity contribution in [1.82, 2.24) is 0 Å². The molecule has 4 heteroatoms. The minimum atomic E-state index is -0.292. The topological polar surface area (TPSA) is 52.6 Å². The molecule has 1 aromatic rings. The van der Waals surface area contributed by atoms with Gasteiger partial charge in [-0.15, -0.1) is 0 Å². The van der Waals surface area contributed by atoms with E-state index in [9.17, 15) is 9.59 Å². The van der Waals surface area contributed by atoms with E-state index in [-0.39, 0.29) is 35.6 Å². The summed E-state index contributed by atoms with van der Waals surface area (Å²) in [6.45, 7) is 8.03. The van der Waals surface area contributed by atoms with Gasteiger partial charge in [0.15, 0.2) is 11.5 Å². The third-order valence-electron chi connectivity index (χ3n) is 4.43. The van der Waals surface area contributed by atoms with Crippen molar-refractivity contribution in [2.24, 2.45) is 23.7 Å². The molecule has 0 unspecified atom stereocenters. The lowest BCUT2D eigenvalue weighted by atomic mass is 9.90. The van der Waals surface area contributed by atoms with Crippen molar-refractivity contribution >= 4 is 11.9 Å². The number of hydrogen-bond acceptors (Lipinski definition) is 4. The Morgan fingerprint density at radius 1 is 0.792 bits per heavy atom. The Hall–Kier alpha value is -2.10. The molecule has 0 fully saturated rings. The van der Waals surface area contributed by atoms with Gasteiger partial charge in [-0.3, -0.25) is 9.59 Å². The van der Waals surface area contributed by atoms with Crippen LogP contribution in [0.25, 0.3) is 0 Å². The number of esters is 2. The summed E-state index contributed by atoms with van der Waals surface area (Å²) in [5.74, 6) is -0.0920. The van der Waals surface area contributed by atoms with Crippen LogP contribution in [0.4, 0.5) is 0 Å². The SMILES string of the molecule is CC(C)[C@@H]1C/C=C\C[C@H](C(C)C)C(=O)Oc2ccccc2OC1=O. The van der Waals surface area contributed by atoms with Crippen molar-refractivity contribution in [2.45, 2.75) is 40.5 Å². The number of benzene rings is 1. The van der Waals surface area contributed by atoms with Gasteiger partial charge in [0, 0.05) is 0 Å². The third kappa shape index (κ3) is 4.47. The minimum Gasteiger partial charge on any atom is -0.422 e. The van der Waals surface area contributed by atoms with Crippen molar-refractivity contribution < 1.29 is 19.1 Å². The van der Waals surface area contributed by atoms with Crippen molar-refractivity contribution in [3.8, 4) is 11.5 Å². The average molecular weight is 330 g/mol. The number of carbonyl (C=O) groups excluding carboxylic acids is 2. The highest BCUT2D eigenvalue weighted by molar-refractivity contribution is 5.79. The van der Waals surface area contributed by atoms with Crippen LogP contribution in [0.2, 0.25) is 0 Å². The molecule has 0 aromatic heterocycles. The van der Waals surface area contributed by atoms with Crippen LogP contribution in [0.1, 0.15) is 40.5 Å². The first-order valence-corrected chi connectivity index (χ1v) is 8.57. The van der Waals surface area contributed by atoms with Crippen LogP contribution in [-0.2, 0) is 9.59 Å². The predicted octanol–water partition coefficient (Wildman–Crippen LogP) is 4.39. The zero-order valence-electron chi connectivity index (χ0n) is 14.8. The fourth-order valence-electron chi connectivity index (χ4n) is 2.75. The lowest BCUT2D eigenvalue weighted by Gasteiger charge is -2.22. The zero-order chi connectivity index (χ0) is 17.7. The maximum atomic E-state index is 12.5. The number of rotatable bonds is 2. The van der Waals surface area contributed by atoms with E-state index in [1.807, 2.05) is 39.8 Å². The molecule has 0 radical (unpaired) electrons. The van der Waals surface area contributed by atoms with Crippen molar-refractivity contribution in [2.75, 3.05) is 0 Å². The first-order chi connectivity index (χ1) is 11.4. The van der Waals surface area contributed by atoms with Crippen LogP contribution < -0.4 is 9.47 Å². The van der Waals surface area contributed by atoms with E-state index >= 15 is 0 Å². The van der Waals surface area contributed by atoms with E-state index in [1.165, 1.54) is 0 Å². The summed E-state index contributed by atoms with van der Waals surface area (Å²) >= 11 is 0. The molecule has 130 valence electrons. The Balaban J connectivity index is 2.37. The molecule has 0 saturated carbocycles. The van der Waals surface area contributed by atoms with Crippen molar-refractivity contribution in [3.05, 3.63) is 36.4 Å². The molecular formula is C20H26O4. The molecule has 0 spiro atoms. The molecule has 0 amide bonds. The van der Waals surface area contributed by atoms with E-state index in [2.05, 4.69) is 0 Å². The molecule has 0 bridgehead atoms. The monoisotopic (exact) mass is 330 g/mol. The number of para-hydroxylation sites is 2. The Kier molecular flexibility index (Phi) is 6.18. The second-order valence-corrected chi connectivity index (χ2v) is 6.93. The summed E-state index contributed by atoms with van der Waals surface area (Å²) < 4.78 is 11.1. The van der Waals surface area contributed by atoms with E-state index < -0.39 is 0 Å². The average Bonchev–Trinajstić information content (AvgIpc) is 2.50. The Bertz CT molecular complexity index is 563. The first-order valence-electron chi connectivity index (χ1n) is 8.57. The fraction of sp³-hybridized carbons (Fsp3) is 0.500. The molecule has 0 N–H and O–H groups in total. The third-order valence-corrected chi connectivity index (χ3v) is 4.43. The minimum absolute atomic E-state index is 0.167. The Labute approximate surface area is 143 Å². The smallest absolute Gasteiger partial charge is 0.315 e. The molecule has 0 saturated heterocycles. The number of hydrogen-bond donors (Lipinski definition) is 0. The lowest BCUT2D eigenvalue weighted by molar-refractivity contribution is -0.143. The van der Waals surface area contributed by atoms with Gasteiger partial charge in [0.05, 0.1) is 11.8 Å². The van der Waals surface area contributed by atoms with Gasteiger partial charge in [-0.25, -0.2) is 0 Å². The predicted molar refractivity (Wildman–Crippen MR) is 92.7 cm³/mol. The molecule has 0 aliphatic carbocycles. The molecule has 1 aliphatic heterocycles. The normalized spacial score (nSPS) is 23.8. The number of allylic oxidation sites excluding steroid dienone is 2. The number of fused-ring (bicyclic) bond motifs is 1. The van der Waals surface area contributed by atoms with E-state index in [0.29, 0.717) is 24.3 Å². The van der Waals surface area contributed by atoms with Gasteiger partial charge in [0.1, 0.15) is 0 Å². The molecule has 24 heavy (non-hydrogen) atoms. The molecule has 2 rings (SSSR count). The largest absolute Gasteiger partial charge is 0.422 e. The van der Waals surface area contributed by atoms with Gasteiger partial charge >= 0.3 is 11.9 Å². The molecule has 4 nitrogen and oxygen atoms in total. The quantitative estimate of drug-likeness (QED) is 0.458. The molecule has 1 aliphatic rings. The van der Waals surface area contributed by atoms with Gasteiger partial charge in [0.25, 0.3) is 0 Å². The lowest BCUT2D eigenvalue weighted by Crippen LogP contribution is -2.27. The van der Waals surface area contributed by atoms with Crippen LogP contribution in [0.15, 0.2) is 36.4 Å². The standard InChI is InChI=1S/C20H26O4/c1-13(2)15-9-5-6-10-16(14(3)4)20(22)24-18-12-8-7-11-17(18)23-19(15)21/h5-8,11-16H,9-10H2,1-4H3/b6-5-/t15-,16+. The van der Waals surface area contributed by atoms with Gasteiger partial charge in [-0.1, -0.05) is 52.0 Å². The fourth-order valence-corrected chi connectivity index (χ4v) is 2.75. The van der Waals surface area contributed by atoms with Crippen molar-refractivity contribution in [3.63, 3.8) is 0 Å². The van der Waals surface area contributed by atoms with Crippen LogP contribution in [0.5, 0.6) is 11.5 Å². The molecular weight excluding hydrogens is 304 g/mol. The Morgan fingerprint density at radius 3 is 1.50 bits per heavy atom. The first kappa shape index (κ1) is 18.2. The highest BCUT2D eigenvalue weighted by atomic mass is 16.6. The van der Waals surface area contributed by atoms with Crippen LogP contribution in [0, 0.1) is 23.7 Å². The second-order valence-electron chi connectivity index (χ2n) is 6.93. The summed E-state index contributed by atoms with van der Waals surface area (Å²) in [4.78, 5) is 25.0. The summed E-state index contributed by atoms with van der Waals surface area (Å²) in [7, 11) is 0. The number of ether oxygens (including phenoxy) is 2. The van der Waals surface area contributed by atoms with E-state index in [0.717, 1.165) is 0 Å². The highest BCUT2D eigenvalue weighted by Gasteiger charge is 2.28. The van der Waals surface area contributed by atoms with Crippen LogP contribution in [0.3, 0.4) is 0 Å². The second kappa shape index (κ2) is 8.13. The van der Waals surface area contributed by atoms with E-state index in [1.54, 1.807) is 24.3 Å². The van der Waals surface area contributed by atoms with Gasteiger partial charge in [-0.2, -0.15) is 0 Å². The van der Waals surface area contributed by atoms with Gasteiger partial charge in [0.2, 0.25) is 0 Å². The maximum Gasteiger partial charge on any atom is 0.315 e. The number of carbonyl (C=O) groups is 2. The summed E-state index contributed by atoms with van der Waals surface area (Å²) in [5.41, 5.74) is 0. The summed E-state index contributed by atoms with van der Waals surface area (Å²) in [6, 6.07) is 6.83. The van der Waals surface area contributed by atoms with Crippen LogP contribution in [-0.4, -0.2) is 11.9 Å². The van der Waals surface area contributed by atoms with Crippen LogP contribution >= 0.6 is 0 Å². The van der Waals surface area contributed by atoms with Gasteiger partial charge in [-0.05, 0) is 36.8 Å². The highest BCUT2D eigenvalue weighted by Crippen LogP contribution is 2.31. The molecule has 2 atom stereocenters. The molecule has 1 heterocycles. The van der Waals surface area contributed by atoms with Gasteiger partial charge < -0.3 is 9.47 Å². The van der Waals surface area contributed by atoms with E-state index in [4.69, 9.17) is 9.47 Å². The molecule has 1 aromatic carbocycles. The zero-order valence-corrected chi connectivity index (χ0v) is 14.8.